The molecule has 0 atom stereocenters. The molecule has 1 nitrogen and oxygen atoms in total. The van der Waals surface area contributed by atoms with Crippen LogP contribution in [0, 0.1) is 0 Å². The summed E-state index contributed by atoms with van der Waals surface area (Å²) in [5, 5.41) is 11.9. The summed E-state index contributed by atoms with van der Waals surface area (Å²) < 4.78 is 0. The number of benzene rings is 3. The molecular weight excluding hydrogens is 220 g/mol. The average molecular weight is 232 g/mol. The SMILES string of the molecule is Oc1ccc2cc3c(cc2c1)-c1ccccc1C3. The van der Waals surface area contributed by atoms with E-state index in [1.165, 1.54) is 27.6 Å². The highest BCUT2D eigenvalue weighted by atomic mass is 16.3. The zero-order valence-corrected chi connectivity index (χ0v) is 9.85. The molecule has 0 heterocycles. The molecule has 0 unspecified atom stereocenters. The number of phenols is 1. The Labute approximate surface area is 105 Å². The summed E-state index contributed by atoms with van der Waals surface area (Å²) in [7, 11) is 0. The van der Waals surface area contributed by atoms with Crippen molar-refractivity contribution in [1.29, 1.82) is 0 Å². The van der Waals surface area contributed by atoms with E-state index in [2.05, 4.69) is 36.4 Å². The molecule has 0 aromatic heterocycles. The smallest absolute Gasteiger partial charge is 0.116 e. The number of phenolic OH excluding ortho intramolecular Hbond substituents is 1. The molecule has 3 aromatic carbocycles. The molecule has 0 fully saturated rings. The van der Waals surface area contributed by atoms with Crippen molar-refractivity contribution in [3.63, 3.8) is 0 Å². The van der Waals surface area contributed by atoms with Gasteiger partial charge in [-0.3, -0.25) is 0 Å². The van der Waals surface area contributed by atoms with Gasteiger partial charge in [-0.25, -0.2) is 0 Å². The highest BCUT2D eigenvalue weighted by Crippen LogP contribution is 2.39. The van der Waals surface area contributed by atoms with Gasteiger partial charge in [-0.15, -0.1) is 0 Å². The number of hydrogen-bond donors (Lipinski definition) is 1. The van der Waals surface area contributed by atoms with Gasteiger partial charge in [0.05, 0.1) is 0 Å². The lowest BCUT2D eigenvalue weighted by Crippen LogP contribution is -1.81. The van der Waals surface area contributed by atoms with E-state index in [1.807, 2.05) is 12.1 Å². The van der Waals surface area contributed by atoms with E-state index < -0.39 is 0 Å². The average Bonchev–Trinajstić information content (AvgIpc) is 2.74. The van der Waals surface area contributed by atoms with Crippen molar-refractivity contribution < 1.29 is 5.11 Å². The number of hydrogen-bond acceptors (Lipinski definition) is 1. The minimum Gasteiger partial charge on any atom is -0.508 e. The van der Waals surface area contributed by atoms with Crippen molar-refractivity contribution in [1.82, 2.24) is 0 Å². The van der Waals surface area contributed by atoms with Crippen LogP contribution in [0.15, 0.2) is 54.6 Å². The van der Waals surface area contributed by atoms with Crippen LogP contribution < -0.4 is 0 Å². The second-order valence-corrected chi connectivity index (χ2v) is 4.87. The van der Waals surface area contributed by atoms with Crippen molar-refractivity contribution in [3.05, 3.63) is 65.7 Å². The molecule has 1 aliphatic carbocycles. The monoisotopic (exact) mass is 232 g/mol. The summed E-state index contributed by atoms with van der Waals surface area (Å²) >= 11 is 0. The minimum atomic E-state index is 0.328. The number of aromatic hydroxyl groups is 1. The maximum Gasteiger partial charge on any atom is 0.116 e. The van der Waals surface area contributed by atoms with Gasteiger partial charge in [-0.2, -0.15) is 0 Å². The Balaban J connectivity index is 2.05. The van der Waals surface area contributed by atoms with Crippen molar-refractivity contribution in [3.8, 4) is 16.9 Å². The molecular formula is C17H12O. The van der Waals surface area contributed by atoms with E-state index >= 15 is 0 Å². The predicted octanol–water partition coefficient (Wildman–Crippen LogP) is 4.12. The highest BCUT2D eigenvalue weighted by Gasteiger charge is 2.18. The van der Waals surface area contributed by atoms with Gasteiger partial charge in [0.1, 0.15) is 5.75 Å². The summed E-state index contributed by atoms with van der Waals surface area (Å²) in [6.07, 6.45) is 1.02. The van der Waals surface area contributed by atoms with Gasteiger partial charge in [0.25, 0.3) is 0 Å². The second kappa shape index (κ2) is 3.36. The summed E-state index contributed by atoms with van der Waals surface area (Å²) in [5.74, 6) is 0.328. The van der Waals surface area contributed by atoms with Crippen molar-refractivity contribution >= 4 is 10.8 Å². The first-order chi connectivity index (χ1) is 8.81. The van der Waals surface area contributed by atoms with Crippen LogP contribution >= 0.6 is 0 Å². The molecule has 0 saturated carbocycles. The fraction of sp³-hybridized carbons (Fsp3) is 0.0588. The third-order valence-corrected chi connectivity index (χ3v) is 3.73. The maximum absolute atomic E-state index is 9.57. The highest BCUT2D eigenvalue weighted by molar-refractivity contribution is 5.92. The van der Waals surface area contributed by atoms with Crippen LogP contribution in [0.1, 0.15) is 11.1 Å². The third-order valence-electron chi connectivity index (χ3n) is 3.73. The largest absolute Gasteiger partial charge is 0.508 e. The molecule has 1 heteroatoms. The molecule has 18 heavy (non-hydrogen) atoms. The topological polar surface area (TPSA) is 20.2 Å². The van der Waals surface area contributed by atoms with Gasteiger partial charge in [0, 0.05) is 0 Å². The van der Waals surface area contributed by atoms with Crippen LogP contribution in [0.2, 0.25) is 0 Å². The second-order valence-electron chi connectivity index (χ2n) is 4.87. The molecule has 0 radical (unpaired) electrons. The zero-order valence-electron chi connectivity index (χ0n) is 9.85. The lowest BCUT2D eigenvalue weighted by Gasteiger charge is -2.04. The Hall–Kier alpha value is -2.28. The van der Waals surface area contributed by atoms with Crippen LogP contribution in [0.5, 0.6) is 5.75 Å². The Morgan fingerprint density at radius 3 is 2.56 bits per heavy atom. The molecule has 0 aliphatic heterocycles. The van der Waals surface area contributed by atoms with E-state index in [0.29, 0.717) is 5.75 Å². The molecule has 0 spiro atoms. The summed E-state index contributed by atoms with van der Waals surface area (Å²) in [6, 6.07) is 18.5. The first-order valence-corrected chi connectivity index (χ1v) is 6.15. The Morgan fingerprint density at radius 2 is 1.61 bits per heavy atom. The van der Waals surface area contributed by atoms with Gasteiger partial charge >= 0.3 is 0 Å². The summed E-state index contributed by atoms with van der Waals surface area (Å²) in [5.41, 5.74) is 5.42. The van der Waals surface area contributed by atoms with Crippen LogP contribution in [-0.4, -0.2) is 5.11 Å². The third kappa shape index (κ3) is 1.28. The Morgan fingerprint density at radius 1 is 0.722 bits per heavy atom. The van der Waals surface area contributed by atoms with Crippen LogP contribution in [0.25, 0.3) is 21.9 Å². The molecule has 0 bridgehead atoms. The first kappa shape index (κ1) is 9.72. The molecule has 0 amide bonds. The van der Waals surface area contributed by atoms with E-state index in [4.69, 9.17) is 0 Å². The minimum absolute atomic E-state index is 0.328. The van der Waals surface area contributed by atoms with E-state index in [0.717, 1.165) is 11.8 Å². The van der Waals surface area contributed by atoms with Crippen LogP contribution in [0.4, 0.5) is 0 Å². The fourth-order valence-electron chi connectivity index (χ4n) is 2.87. The van der Waals surface area contributed by atoms with Crippen molar-refractivity contribution in [2.75, 3.05) is 0 Å². The van der Waals surface area contributed by atoms with Crippen LogP contribution in [0.3, 0.4) is 0 Å². The summed E-state index contributed by atoms with van der Waals surface area (Å²) in [4.78, 5) is 0. The van der Waals surface area contributed by atoms with Gasteiger partial charge < -0.3 is 5.11 Å². The fourth-order valence-corrected chi connectivity index (χ4v) is 2.87. The Kier molecular flexibility index (Phi) is 1.81. The molecule has 1 aliphatic rings. The lowest BCUT2D eigenvalue weighted by atomic mass is 10.0. The van der Waals surface area contributed by atoms with Gasteiger partial charge in [0.2, 0.25) is 0 Å². The number of fused-ring (bicyclic) bond motifs is 4. The maximum atomic E-state index is 9.57. The molecule has 1 N–H and O–H groups in total. The van der Waals surface area contributed by atoms with E-state index in [9.17, 15) is 5.11 Å². The molecule has 4 rings (SSSR count). The van der Waals surface area contributed by atoms with Crippen molar-refractivity contribution in [2.24, 2.45) is 0 Å². The summed E-state index contributed by atoms with van der Waals surface area (Å²) in [6.45, 7) is 0. The lowest BCUT2D eigenvalue weighted by molar-refractivity contribution is 0.476. The normalized spacial score (nSPS) is 12.4. The van der Waals surface area contributed by atoms with Crippen LogP contribution in [-0.2, 0) is 6.42 Å². The molecule has 3 aromatic rings. The van der Waals surface area contributed by atoms with E-state index in [-0.39, 0.29) is 0 Å². The Bertz CT molecular complexity index is 772. The molecule has 86 valence electrons. The standard InChI is InChI=1S/C17H12O/c18-15-6-5-11-7-14-8-12-3-1-2-4-16(12)17(14)10-13(11)9-15/h1-7,9-10,18H,8H2. The van der Waals surface area contributed by atoms with Gasteiger partial charge in [0.15, 0.2) is 0 Å². The predicted molar refractivity (Wildman–Crippen MR) is 73.9 cm³/mol. The number of rotatable bonds is 0. The molecule has 0 saturated heterocycles. The van der Waals surface area contributed by atoms with Gasteiger partial charge in [-0.1, -0.05) is 36.4 Å². The first-order valence-electron chi connectivity index (χ1n) is 6.15. The van der Waals surface area contributed by atoms with Gasteiger partial charge in [-0.05, 0) is 57.6 Å². The van der Waals surface area contributed by atoms with E-state index in [1.54, 1.807) is 6.07 Å². The zero-order chi connectivity index (χ0) is 12.1. The van der Waals surface area contributed by atoms with Crippen molar-refractivity contribution in [2.45, 2.75) is 6.42 Å². The quantitative estimate of drug-likeness (QED) is 0.483.